The van der Waals surface area contributed by atoms with E-state index in [-0.39, 0.29) is 29.5 Å². The van der Waals surface area contributed by atoms with Gasteiger partial charge in [-0.15, -0.1) is 4.83 Å². The Kier molecular flexibility index (Phi) is 8.59. The number of nitrogens with zero attached hydrogens (tertiary/aromatic N) is 5. The molecule has 1 fully saturated rings. The first-order chi connectivity index (χ1) is 20.1. The summed E-state index contributed by atoms with van der Waals surface area (Å²) in [6.07, 6.45) is -2.84. The van der Waals surface area contributed by atoms with Crippen molar-refractivity contribution in [1.29, 1.82) is 0 Å². The molecule has 0 aliphatic carbocycles. The molecule has 42 heavy (non-hydrogen) atoms. The van der Waals surface area contributed by atoms with Gasteiger partial charge in [-0.05, 0) is 25.3 Å². The zero-order valence-electron chi connectivity index (χ0n) is 22.8. The van der Waals surface area contributed by atoms with Crippen LogP contribution in [0.3, 0.4) is 0 Å². The molecule has 0 radical (unpaired) electrons. The van der Waals surface area contributed by atoms with E-state index < -0.39 is 51.2 Å². The smallest absolute Gasteiger partial charge is 0.330 e. The Morgan fingerprint density at radius 1 is 1.24 bits per heavy atom. The summed E-state index contributed by atoms with van der Waals surface area (Å²) in [5.41, 5.74) is 4.48. The maximum atomic E-state index is 13.3. The van der Waals surface area contributed by atoms with Crippen LogP contribution in [-0.4, -0.2) is 83.2 Å². The van der Waals surface area contributed by atoms with E-state index in [0.717, 1.165) is 15.6 Å². The number of nitrogen functional groups attached to an aromatic ring is 1. The van der Waals surface area contributed by atoms with Gasteiger partial charge in [0.05, 0.1) is 26.0 Å². The van der Waals surface area contributed by atoms with Crippen molar-refractivity contribution in [3.63, 3.8) is 0 Å². The van der Waals surface area contributed by atoms with E-state index in [4.69, 9.17) is 24.6 Å². The molecule has 5 rings (SSSR count). The molecular weight excluding hydrogens is 571 g/mol. The van der Waals surface area contributed by atoms with Gasteiger partial charge in [0, 0.05) is 11.9 Å². The third kappa shape index (κ3) is 5.88. The number of hydrogen-bond donors (Lipinski definition) is 4. The van der Waals surface area contributed by atoms with E-state index >= 15 is 0 Å². The fraction of sp³-hybridized carbons (Fsp3) is 0.385. The van der Waals surface area contributed by atoms with Gasteiger partial charge >= 0.3 is 14.1 Å². The highest BCUT2D eigenvalue weighted by Crippen LogP contribution is 2.41. The summed E-state index contributed by atoms with van der Waals surface area (Å²) in [6, 6.07) is 12.6. The Morgan fingerprint density at radius 2 is 2.00 bits per heavy atom. The molecule has 0 bridgehead atoms. The molecular formula is C26H31N6O9P. The lowest BCUT2D eigenvalue weighted by molar-refractivity contribution is -0.152. The highest BCUT2D eigenvalue weighted by molar-refractivity contribution is 7.36. The standard InChI is InChI=1S/C26H31N6O9P/c1-3-38-23-20-22(29-25(27)30-23)31(14-28-20)24-26(2,36)21(35)18(40-24)13-39-32(12-11-19(33)34)42(37)41-17-10-6-8-15-7-4-5-9-16(15)17/h4-10,14,18,21,24,35-36,42H,3,11-13H2,1-2H3,(H,33,34)(H2,27,29,30)/t18-,21-,24-,26-/m1/s1. The minimum atomic E-state index is -3.16. The molecule has 5 N–H and O–H groups in total. The fourth-order valence-corrected chi connectivity index (χ4v) is 5.63. The van der Waals surface area contributed by atoms with E-state index in [2.05, 4.69) is 15.0 Å². The number of aliphatic carboxylic acids is 1. The van der Waals surface area contributed by atoms with Gasteiger partial charge in [0.15, 0.2) is 17.4 Å². The molecule has 1 aliphatic rings. The third-order valence-electron chi connectivity index (χ3n) is 6.77. The number of aromatic nitrogens is 4. The summed E-state index contributed by atoms with van der Waals surface area (Å²) in [5, 5.41) is 33.0. The maximum Gasteiger partial charge on any atom is 0.330 e. The number of carboxylic acid groups (broad SMARTS) is 1. The van der Waals surface area contributed by atoms with Crippen molar-refractivity contribution < 1.29 is 43.5 Å². The van der Waals surface area contributed by atoms with Crippen molar-refractivity contribution in [3.8, 4) is 11.6 Å². The van der Waals surface area contributed by atoms with Crippen molar-refractivity contribution in [2.45, 2.75) is 44.3 Å². The van der Waals surface area contributed by atoms with Gasteiger partial charge < -0.3 is 35.1 Å². The number of hydroxylamine groups is 1. The first kappa shape index (κ1) is 29.6. The minimum Gasteiger partial charge on any atom is -0.481 e. The van der Waals surface area contributed by atoms with Crippen molar-refractivity contribution >= 4 is 42.0 Å². The van der Waals surface area contributed by atoms with Crippen LogP contribution in [0.4, 0.5) is 5.95 Å². The first-order valence-corrected chi connectivity index (χ1v) is 14.4. The summed E-state index contributed by atoms with van der Waals surface area (Å²) in [4.78, 5) is 30.4. The van der Waals surface area contributed by atoms with Crippen LogP contribution in [0.25, 0.3) is 21.9 Å². The predicted octanol–water partition coefficient (Wildman–Crippen LogP) is 2.15. The number of carbonyl (C=O) groups is 1. The van der Waals surface area contributed by atoms with Crippen molar-refractivity contribution in [2.24, 2.45) is 0 Å². The second kappa shape index (κ2) is 12.2. The highest BCUT2D eigenvalue weighted by atomic mass is 31.1. The largest absolute Gasteiger partial charge is 0.481 e. The number of imidazole rings is 1. The van der Waals surface area contributed by atoms with Gasteiger partial charge in [-0.2, -0.15) is 9.97 Å². The van der Waals surface area contributed by atoms with E-state index in [0.29, 0.717) is 12.4 Å². The maximum absolute atomic E-state index is 13.3. The molecule has 1 saturated heterocycles. The first-order valence-electron chi connectivity index (χ1n) is 13.1. The van der Waals surface area contributed by atoms with E-state index in [1.54, 1.807) is 19.1 Å². The summed E-state index contributed by atoms with van der Waals surface area (Å²) >= 11 is 0. The van der Waals surface area contributed by atoms with Gasteiger partial charge in [-0.25, -0.2) is 4.98 Å². The SMILES string of the molecule is CCOc1nc(N)nc2c1ncn2[C@@H]1O[C@H](CON(CCC(=O)O)[PH](=O)Oc2cccc3ccccc23)[C@@H](O)[C@@]1(C)O. The number of carboxylic acids is 1. The lowest BCUT2D eigenvalue weighted by Crippen LogP contribution is -2.44. The number of rotatable bonds is 12. The van der Waals surface area contributed by atoms with Gasteiger partial charge in [0.25, 0.3) is 0 Å². The average Bonchev–Trinajstić information content (AvgIpc) is 3.46. The minimum absolute atomic E-state index is 0.0869. The predicted molar refractivity (Wildman–Crippen MR) is 150 cm³/mol. The Morgan fingerprint density at radius 3 is 2.76 bits per heavy atom. The van der Waals surface area contributed by atoms with Crippen LogP contribution in [0.15, 0.2) is 48.8 Å². The molecule has 0 saturated carbocycles. The Hall–Kier alpha value is -3.85. The topological polar surface area (TPSA) is 205 Å². The second-order valence-corrected chi connectivity index (χ2v) is 11.0. The summed E-state index contributed by atoms with van der Waals surface area (Å²) < 4.78 is 31.9. The van der Waals surface area contributed by atoms with Gasteiger partial charge in [-0.1, -0.05) is 36.4 Å². The van der Waals surface area contributed by atoms with Crippen molar-refractivity contribution in [2.75, 3.05) is 25.5 Å². The molecule has 1 aliphatic heterocycles. The van der Waals surface area contributed by atoms with Crippen LogP contribution in [0.2, 0.25) is 0 Å². The summed E-state index contributed by atoms with van der Waals surface area (Å²) in [6.45, 7) is 2.78. The number of ether oxygens (including phenoxy) is 2. The molecule has 0 spiro atoms. The molecule has 1 unspecified atom stereocenters. The van der Waals surface area contributed by atoms with Crippen molar-refractivity contribution in [1.82, 2.24) is 24.4 Å². The second-order valence-electron chi connectivity index (χ2n) is 9.73. The van der Waals surface area contributed by atoms with Crippen LogP contribution < -0.4 is 15.0 Å². The molecule has 2 aromatic heterocycles. The Labute approximate surface area is 240 Å². The fourth-order valence-electron chi connectivity index (χ4n) is 4.69. The van der Waals surface area contributed by atoms with Crippen molar-refractivity contribution in [3.05, 3.63) is 48.8 Å². The van der Waals surface area contributed by atoms with Crippen LogP contribution >= 0.6 is 8.18 Å². The molecule has 4 aromatic rings. The average molecular weight is 603 g/mol. The highest BCUT2D eigenvalue weighted by Gasteiger charge is 2.54. The number of aliphatic hydroxyl groups excluding tert-OH is 1. The number of hydrogen-bond acceptors (Lipinski definition) is 12. The lowest BCUT2D eigenvalue weighted by Gasteiger charge is -2.27. The van der Waals surface area contributed by atoms with Crippen LogP contribution in [0.1, 0.15) is 26.5 Å². The molecule has 0 amide bonds. The number of fused-ring (bicyclic) bond motifs is 2. The zero-order valence-corrected chi connectivity index (χ0v) is 23.8. The van der Waals surface area contributed by atoms with Crippen LogP contribution in [0, 0.1) is 0 Å². The van der Waals surface area contributed by atoms with E-state index in [1.165, 1.54) is 17.8 Å². The number of nitrogens with two attached hydrogens (primary N) is 1. The normalized spacial score (nSPS) is 23.0. The molecule has 5 atom stereocenters. The van der Waals surface area contributed by atoms with Crippen LogP contribution in [0.5, 0.6) is 11.6 Å². The Bertz CT molecular complexity index is 1610. The van der Waals surface area contributed by atoms with Crippen LogP contribution in [-0.2, 0) is 18.9 Å². The quantitative estimate of drug-likeness (QED) is 0.136. The summed E-state index contributed by atoms with van der Waals surface area (Å²) in [5.74, 6) is -0.734. The molecule has 2 aromatic carbocycles. The monoisotopic (exact) mass is 602 g/mol. The van der Waals surface area contributed by atoms with Gasteiger partial charge in [-0.3, -0.25) is 18.8 Å². The van der Waals surface area contributed by atoms with Gasteiger partial charge in [0.1, 0.15) is 23.6 Å². The Balaban J connectivity index is 1.34. The van der Waals surface area contributed by atoms with E-state index in [1.807, 2.05) is 30.3 Å². The number of aliphatic hydroxyl groups is 2. The lowest BCUT2D eigenvalue weighted by atomic mass is 9.96. The van der Waals surface area contributed by atoms with Gasteiger partial charge in [0.2, 0.25) is 11.8 Å². The van der Waals surface area contributed by atoms with E-state index in [9.17, 15) is 24.7 Å². The number of benzene rings is 2. The molecule has 3 heterocycles. The third-order valence-corrected chi connectivity index (χ3v) is 7.92. The molecule has 224 valence electrons. The summed E-state index contributed by atoms with van der Waals surface area (Å²) in [7, 11) is -3.16. The molecule has 15 nitrogen and oxygen atoms in total. The number of anilines is 1. The zero-order chi connectivity index (χ0) is 30.0. The molecule has 16 heteroatoms.